The van der Waals surface area contributed by atoms with Crippen LogP contribution in [0.3, 0.4) is 0 Å². The third-order valence-corrected chi connectivity index (χ3v) is 26.6. The second kappa shape index (κ2) is 27.8. The molecule has 0 aromatic rings. The molecule has 9 fully saturated rings. The Bertz CT molecular complexity index is 2520. The summed E-state index contributed by atoms with van der Waals surface area (Å²) in [4.78, 5) is 49.6. The first-order valence-electron chi connectivity index (χ1n) is 33.4. The van der Waals surface area contributed by atoms with Gasteiger partial charge in [0.05, 0.1) is 25.4 Å². The van der Waals surface area contributed by atoms with Crippen LogP contribution >= 0.6 is 0 Å². The largest absolute Gasteiger partial charge is 0.466 e. The summed E-state index contributed by atoms with van der Waals surface area (Å²) >= 11 is 0. The lowest BCUT2D eigenvalue weighted by atomic mass is 9.49. The standard InChI is InChI=1S/C25H39N3O4.C25H41NO4.C20H35NO3/c1-15-7-9-25(6,19(11-15)14-31-17(3)29)21-8-10-24(5)16(2)23(32-18(4)30)12-22(24)20(21)13-27-28-26;1-15-7-9-25(6,19(11-15)14-29-17(3)27)21-8-10-24(5)16(2)23(30-18(4)28)12-22(24)20(21)13-26;1-12-18(24)9-17-15(10-21)16(5-7-19(12,17)2)20(3)6-4-14(23)8-13(20)11-22/h15,19-23H,2,7-14H2,1,3-6H3;15,19-23H,2,7-14,26H2,1,3-6H3;13-18,22-24H,1,4-11,21H2,2-3H3/t2*15-,19+,20+,21-,22-,23-,24+,25-;13-,14+,15-,16+,17+,18+,19-,20+/m001/s1. The number of nitrogens with two attached hydrogens (primary N) is 2. The van der Waals surface area contributed by atoms with Crippen LogP contribution in [0, 0.1) is 115 Å². The van der Waals surface area contributed by atoms with E-state index in [1.807, 2.05) is 0 Å². The van der Waals surface area contributed by atoms with Gasteiger partial charge in [0.15, 0.2) is 0 Å². The highest BCUT2D eigenvalue weighted by Crippen LogP contribution is 2.67. The summed E-state index contributed by atoms with van der Waals surface area (Å²) in [6, 6.07) is 0. The zero-order valence-electron chi connectivity index (χ0n) is 55.1. The van der Waals surface area contributed by atoms with Crippen LogP contribution in [-0.2, 0) is 38.1 Å². The van der Waals surface area contributed by atoms with Crippen molar-refractivity contribution in [2.45, 2.75) is 223 Å². The van der Waals surface area contributed by atoms with Gasteiger partial charge in [-0.2, -0.15) is 0 Å². The minimum absolute atomic E-state index is 0.000213. The summed E-state index contributed by atoms with van der Waals surface area (Å²) in [5, 5.41) is 34.4. The maximum absolute atomic E-state index is 11.7. The number of carbonyl (C=O) groups excluding carboxylic acids is 4. The van der Waals surface area contributed by atoms with E-state index in [1.54, 1.807) is 0 Å². The number of nitrogens with zero attached hydrogens (tertiary/aromatic N) is 3. The molecule has 0 heterocycles. The second-order valence-corrected chi connectivity index (χ2v) is 31.0. The van der Waals surface area contributed by atoms with Crippen LogP contribution in [0.25, 0.3) is 10.4 Å². The van der Waals surface area contributed by atoms with E-state index < -0.39 is 6.10 Å². The molecule has 7 N–H and O–H groups in total. The molecule has 486 valence electrons. The molecule has 0 spiro atoms. The van der Waals surface area contributed by atoms with Crippen LogP contribution in [0.15, 0.2) is 41.6 Å². The Balaban J connectivity index is 0.000000186. The molecule has 9 saturated carbocycles. The summed E-state index contributed by atoms with van der Waals surface area (Å²) in [5.74, 6) is 4.28. The van der Waals surface area contributed by atoms with Crippen LogP contribution in [0.4, 0.5) is 0 Å². The maximum Gasteiger partial charge on any atom is 0.303 e. The number of hydrogen-bond acceptors (Lipinski definition) is 14. The molecule has 16 heteroatoms. The highest BCUT2D eigenvalue weighted by molar-refractivity contribution is 5.67. The van der Waals surface area contributed by atoms with Crippen molar-refractivity contribution in [3.05, 3.63) is 46.9 Å². The van der Waals surface area contributed by atoms with Crippen molar-refractivity contribution in [3.8, 4) is 0 Å². The van der Waals surface area contributed by atoms with Crippen molar-refractivity contribution in [1.29, 1.82) is 0 Å². The maximum atomic E-state index is 11.7. The van der Waals surface area contributed by atoms with Gasteiger partial charge in [0, 0.05) is 45.8 Å². The van der Waals surface area contributed by atoms with Crippen LogP contribution in [-0.4, -0.2) is 103 Å². The summed E-state index contributed by atoms with van der Waals surface area (Å²) in [6.45, 7) is 40.0. The van der Waals surface area contributed by atoms with Gasteiger partial charge in [-0.3, -0.25) is 19.2 Å². The molecular weight excluding hydrogens is 1090 g/mol. The Morgan fingerprint density at radius 2 is 0.919 bits per heavy atom. The molecule has 0 unspecified atom stereocenters. The van der Waals surface area contributed by atoms with Gasteiger partial charge < -0.3 is 45.7 Å². The Morgan fingerprint density at radius 3 is 1.31 bits per heavy atom. The van der Waals surface area contributed by atoms with E-state index in [4.69, 9.17) is 35.9 Å². The molecule has 9 rings (SSSR count). The van der Waals surface area contributed by atoms with Crippen LogP contribution in [0.5, 0.6) is 0 Å². The predicted molar refractivity (Wildman–Crippen MR) is 335 cm³/mol. The number of hydrogen-bond donors (Lipinski definition) is 5. The van der Waals surface area contributed by atoms with E-state index in [0.29, 0.717) is 98.4 Å². The Hall–Kier alpha value is -3.79. The molecule has 16 nitrogen and oxygen atoms in total. The average molecular weight is 1200 g/mol. The monoisotopic (exact) mass is 1200 g/mol. The number of fused-ring (bicyclic) bond motifs is 3. The Kier molecular flexibility index (Phi) is 22.5. The minimum Gasteiger partial charge on any atom is -0.466 e. The summed E-state index contributed by atoms with van der Waals surface area (Å²) < 4.78 is 22.3. The molecule has 0 aliphatic heterocycles. The van der Waals surface area contributed by atoms with Gasteiger partial charge in [0.25, 0.3) is 0 Å². The molecular formula is C70H115N5O11. The summed E-state index contributed by atoms with van der Waals surface area (Å²) in [6.07, 6.45) is 16.7. The van der Waals surface area contributed by atoms with E-state index in [-0.39, 0.29) is 105 Å². The van der Waals surface area contributed by atoms with E-state index in [2.05, 4.69) is 85.2 Å². The lowest BCUT2D eigenvalue weighted by molar-refractivity contribution is -0.149. The molecule has 0 aromatic carbocycles. The SMILES string of the molecule is C=C1[C@@H](O)C[C@H]2[C@H](CN)[C@@H]([C@@]3(C)CC[C@H](O)C[C@@H]3CO)CC[C@]12C.C=C1[C@@H](OC(C)=O)C[C@H]2[C@H](CN)[C@@H]([C@@]3(C)CC[C@H](C)C[C@@H]3COC(C)=O)CC[C@]12C.C=C1[C@@H](OC(C)=O)C[C@H]2[C@H](CN=[N+]=[N-])[C@@H]([C@@]3(C)CC[C@H](C)C[C@@H]3COC(C)=O)CC[C@]12C. The highest BCUT2D eigenvalue weighted by Gasteiger charge is 2.62. The van der Waals surface area contributed by atoms with Crippen molar-refractivity contribution in [2.24, 2.45) is 132 Å². The van der Waals surface area contributed by atoms with E-state index in [9.17, 15) is 34.5 Å². The average Bonchev–Trinajstić information content (AvgIpc) is 1.48. The molecule has 0 saturated heterocycles. The number of esters is 4. The first-order valence-corrected chi connectivity index (χ1v) is 33.4. The molecule has 86 heavy (non-hydrogen) atoms. The second-order valence-electron chi connectivity index (χ2n) is 31.0. The molecule has 0 bridgehead atoms. The van der Waals surface area contributed by atoms with Crippen molar-refractivity contribution in [3.63, 3.8) is 0 Å². The summed E-state index contributed by atoms with van der Waals surface area (Å²) in [7, 11) is 0. The van der Waals surface area contributed by atoms with E-state index >= 15 is 0 Å². The number of rotatable bonds is 14. The zero-order valence-corrected chi connectivity index (χ0v) is 55.1. The number of azide groups is 1. The Morgan fingerprint density at radius 1 is 0.535 bits per heavy atom. The third-order valence-electron chi connectivity index (χ3n) is 26.6. The summed E-state index contributed by atoms with van der Waals surface area (Å²) in [5.41, 5.74) is 24.9. The van der Waals surface area contributed by atoms with Crippen LogP contribution in [0.1, 0.15) is 199 Å². The topological polar surface area (TPSA) is 267 Å². The van der Waals surface area contributed by atoms with Gasteiger partial charge in [-0.15, -0.1) is 0 Å². The van der Waals surface area contributed by atoms with Crippen molar-refractivity contribution >= 4 is 23.9 Å². The predicted octanol–water partition coefficient (Wildman–Crippen LogP) is 12.4. The smallest absolute Gasteiger partial charge is 0.303 e. The van der Waals surface area contributed by atoms with Gasteiger partial charge >= 0.3 is 23.9 Å². The first-order chi connectivity index (χ1) is 40.3. The van der Waals surface area contributed by atoms with Gasteiger partial charge in [-0.1, -0.05) is 93.1 Å². The number of carbonyl (C=O) groups is 4. The molecule has 9 aliphatic carbocycles. The van der Waals surface area contributed by atoms with E-state index in [1.165, 1.54) is 34.1 Å². The third kappa shape index (κ3) is 13.6. The van der Waals surface area contributed by atoms with Crippen LogP contribution in [0.2, 0.25) is 0 Å². The van der Waals surface area contributed by atoms with Crippen molar-refractivity contribution < 1.29 is 53.4 Å². The van der Waals surface area contributed by atoms with Gasteiger partial charge in [-0.05, 0) is 253 Å². The van der Waals surface area contributed by atoms with Gasteiger partial charge in [-0.25, -0.2) is 0 Å². The quantitative estimate of drug-likeness (QED) is 0.0271. The number of ether oxygens (including phenoxy) is 4. The zero-order chi connectivity index (χ0) is 63.6. The highest BCUT2D eigenvalue weighted by atomic mass is 16.6. The van der Waals surface area contributed by atoms with E-state index in [0.717, 1.165) is 119 Å². The lowest BCUT2D eigenvalue weighted by Crippen LogP contribution is -2.52. The van der Waals surface area contributed by atoms with Gasteiger partial charge in [0.1, 0.15) is 12.2 Å². The van der Waals surface area contributed by atoms with Crippen molar-refractivity contribution in [2.75, 3.05) is 39.5 Å². The molecule has 9 aliphatic rings. The normalized spacial score (nSPS) is 45.2. The number of aliphatic hydroxyl groups excluding tert-OH is 3. The molecule has 24 atom stereocenters. The molecule has 0 aromatic heterocycles. The molecule has 0 amide bonds. The lowest BCUT2D eigenvalue weighted by Gasteiger charge is -2.56. The van der Waals surface area contributed by atoms with Crippen molar-refractivity contribution in [1.82, 2.24) is 0 Å². The fourth-order valence-electron chi connectivity index (χ4n) is 21.1. The Labute approximate surface area is 516 Å². The molecule has 0 radical (unpaired) electrons. The van der Waals surface area contributed by atoms with Gasteiger partial charge in [0.2, 0.25) is 0 Å². The number of aliphatic hydroxyl groups is 3. The first kappa shape index (κ1) is 69.7. The van der Waals surface area contributed by atoms with Crippen LogP contribution < -0.4 is 11.5 Å². The fourth-order valence-corrected chi connectivity index (χ4v) is 21.1. The fraction of sp³-hybridized carbons (Fsp3) is 0.857. The minimum atomic E-state index is -0.401.